The van der Waals surface area contributed by atoms with Gasteiger partial charge in [0.25, 0.3) is 11.6 Å². The van der Waals surface area contributed by atoms with E-state index in [-0.39, 0.29) is 35.7 Å². The number of hydrogen-bond donors (Lipinski definition) is 0. The molecule has 32 heavy (non-hydrogen) atoms. The first-order chi connectivity index (χ1) is 15.4. The Kier molecular flexibility index (Phi) is 7.98. The van der Waals surface area contributed by atoms with Crippen LogP contribution in [0.4, 0.5) is 5.69 Å². The smallest absolute Gasteiger partial charge is 0.270 e. The third-order valence-corrected chi connectivity index (χ3v) is 6.11. The maximum atomic E-state index is 13.3. The highest BCUT2D eigenvalue weighted by molar-refractivity contribution is 5.97. The zero-order valence-electron chi connectivity index (χ0n) is 18.8. The van der Waals surface area contributed by atoms with Crippen molar-refractivity contribution in [2.45, 2.75) is 52.0 Å². The fourth-order valence-corrected chi connectivity index (χ4v) is 4.28. The highest BCUT2D eigenvalue weighted by Gasteiger charge is 2.29. The van der Waals surface area contributed by atoms with Crippen LogP contribution in [-0.4, -0.2) is 46.2 Å². The molecule has 2 aromatic carbocycles. The number of nitrogens with zero attached hydrogens (tertiary/aromatic N) is 3. The van der Waals surface area contributed by atoms with Gasteiger partial charge in [0.2, 0.25) is 5.91 Å². The monoisotopic (exact) mass is 437 g/mol. The van der Waals surface area contributed by atoms with Crippen LogP contribution in [0.1, 0.15) is 67.1 Å². The number of rotatable bonds is 9. The first-order valence-electron chi connectivity index (χ1n) is 11.3. The van der Waals surface area contributed by atoms with Crippen molar-refractivity contribution in [1.29, 1.82) is 0 Å². The lowest BCUT2D eigenvalue weighted by atomic mass is 9.93. The zero-order valence-corrected chi connectivity index (χ0v) is 18.8. The van der Waals surface area contributed by atoms with E-state index in [4.69, 9.17) is 0 Å². The van der Waals surface area contributed by atoms with Crippen molar-refractivity contribution in [2.24, 2.45) is 0 Å². The molecule has 0 saturated heterocycles. The fraction of sp³-hybridized carbons (Fsp3) is 0.440. The largest absolute Gasteiger partial charge is 0.334 e. The third kappa shape index (κ3) is 5.52. The van der Waals surface area contributed by atoms with Crippen molar-refractivity contribution in [3.63, 3.8) is 0 Å². The summed E-state index contributed by atoms with van der Waals surface area (Å²) < 4.78 is 0. The van der Waals surface area contributed by atoms with Gasteiger partial charge in [-0.2, -0.15) is 0 Å². The Morgan fingerprint density at radius 2 is 1.91 bits per heavy atom. The van der Waals surface area contributed by atoms with Crippen LogP contribution in [0.15, 0.2) is 48.5 Å². The van der Waals surface area contributed by atoms with Crippen LogP contribution in [0.3, 0.4) is 0 Å². The summed E-state index contributed by atoms with van der Waals surface area (Å²) in [6.45, 7) is 5.17. The maximum absolute atomic E-state index is 13.3. The van der Waals surface area contributed by atoms with Crippen molar-refractivity contribution in [2.75, 3.05) is 19.6 Å². The van der Waals surface area contributed by atoms with E-state index in [9.17, 15) is 19.7 Å². The standard InChI is InChI=1S/C25H31N3O4/c1-3-4-5-8-15-26(25(30)21-11-9-12-22(17-21)28(31)32)18-24(29)27-16-14-20-10-6-7-13-23(20)19(27)2/h6-7,9-13,17,19H,3-5,8,14-16,18H2,1-2H3. The van der Waals surface area contributed by atoms with Gasteiger partial charge in [0.15, 0.2) is 0 Å². The van der Waals surface area contributed by atoms with Gasteiger partial charge >= 0.3 is 0 Å². The summed E-state index contributed by atoms with van der Waals surface area (Å²) >= 11 is 0. The van der Waals surface area contributed by atoms with Gasteiger partial charge in [0.05, 0.1) is 11.0 Å². The summed E-state index contributed by atoms with van der Waals surface area (Å²) in [5.41, 5.74) is 2.51. The van der Waals surface area contributed by atoms with Crippen LogP contribution in [0.2, 0.25) is 0 Å². The molecule has 1 unspecified atom stereocenters. The second-order valence-corrected chi connectivity index (χ2v) is 8.31. The lowest BCUT2D eigenvalue weighted by Crippen LogP contribution is -2.46. The highest BCUT2D eigenvalue weighted by atomic mass is 16.6. The minimum atomic E-state index is -0.514. The SMILES string of the molecule is CCCCCCN(CC(=O)N1CCc2ccccc2C1C)C(=O)c1cccc([N+](=O)[O-])c1. The predicted molar refractivity (Wildman–Crippen MR) is 123 cm³/mol. The van der Waals surface area contributed by atoms with Crippen LogP contribution < -0.4 is 0 Å². The molecule has 0 spiro atoms. The molecule has 0 bridgehead atoms. The topological polar surface area (TPSA) is 83.8 Å². The number of hydrogen-bond acceptors (Lipinski definition) is 4. The van der Waals surface area contributed by atoms with E-state index in [0.717, 1.165) is 37.7 Å². The molecule has 170 valence electrons. The van der Waals surface area contributed by atoms with Gasteiger partial charge in [-0.05, 0) is 37.0 Å². The molecule has 3 rings (SSSR count). The molecule has 0 N–H and O–H groups in total. The van der Waals surface area contributed by atoms with E-state index in [0.29, 0.717) is 13.1 Å². The quantitative estimate of drug-likeness (QED) is 0.322. The van der Waals surface area contributed by atoms with E-state index >= 15 is 0 Å². The Hall–Kier alpha value is -3.22. The molecule has 1 aliphatic rings. The summed E-state index contributed by atoms with van der Waals surface area (Å²) in [5.74, 6) is -0.440. The first kappa shape index (κ1) is 23.4. The molecule has 0 aromatic heterocycles. The second kappa shape index (κ2) is 10.9. The normalized spacial score (nSPS) is 15.2. The minimum absolute atomic E-state index is 0.0276. The highest BCUT2D eigenvalue weighted by Crippen LogP contribution is 2.29. The van der Waals surface area contributed by atoms with Crippen LogP contribution in [0.25, 0.3) is 0 Å². The zero-order chi connectivity index (χ0) is 23.1. The lowest BCUT2D eigenvalue weighted by molar-refractivity contribution is -0.384. The van der Waals surface area contributed by atoms with Crippen molar-refractivity contribution >= 4 is 17.5 Å². The number of amides is 2. The second-order valence-electron chi connectivity index (χ2n) is 8.31. The molecule has 0 aliphatic carbocycles. The number of nitro groups is 1. The van der Waals surface area contributed by atoms with Crippen molar-refractivity contribution in [3.8, 4) is 0 Å². The van der Waals surface area contributed by atoms with Gasteiger partial charge in [0.1, 0.15) is 6.54 Å². The molecule has 7 nitrogen and oxygen atoms in total. The number of benzene rings is 2. The molecule has 0 saturated carbocycles. The van der Waals surface area contributed by atoms with Crippen molar-refractivity contribution < 1.29 is 14.5 Å². The molecule has 1 atom stereocenters. The molecular weight excluding hydrogens is 406 g/mol. The molecule has 0 fully saturated rings. The average Bonchev–Trinajstić information content (AvgIpc) is 2.81. The van der Waals surface area contributed by atoms with Gasteiger partial charge in [-0.15, -0.1) is 0 Å². The molecule has 1 aliphatic heterocycles. The number of non-ortho nitro benzene ring substituents is 1. The fourth-order valence-electron chi connectivity index (χ4n) is 4.28. The van der Waals surface area contributed by atoms with Crippen molar-refractivity contribution in [3.05, 3.63) is 75.3 Å². The van der Waals surface area contributed by atoms with E-state index in [2.05, 4.69) is 19.1 Å². The molecule has 1 heterocycles. The first-order valence-corrected chi connectivity index (χ1v) is 11.3. The van der Waals surface area contributed by atoms with E-state index in [1.54, 1.807) is 11.0 Å². The average molecular weight is 438 g/mol. The Balaban J connectivity index is 1.76. The summed E-state index contributed by atoms with van der Waals surface area (Å²) in [5, 5.41) is 11.1. The van der Waals surface area contributed by atoms with Gasteiger partial charge in [0, 0.05) is 30.8 Å². The van der Waals surface area contributed by atoms with Gasteiger partial charge in [-0.1, -0.05) is 56.5 Å². The number of carbonyl (C=O) groups excluding carboxylic acids is 2. The van der Waals surface area contributed by atoms with Crippen LogP contribution in [0, 0.1) is 10.1 Å². The van der Waals surface area contributed by atoms with Crippen molar-refractivity contribution in [1.82, 2.24) is 9.80 Å². The number of nitro benzene ring substituents is 1. The summed E-state index contributed by atoms with van der Waals surface area (Å²) in [4.78, 5) is 40.5. The Morgan fingerprint density at radius 1 is 1.12 bits per heavy atom. The van der Waals surface area contributed by atoms with E-state index in [1.165, 1.54) is 23.8 Å². The molecule has 7 heteroatoms. The Bertz CT molecular complexity index is 975. The number of carbonyl (C=O) groups is 2. The molecule has 2 aromatic rings. The van der Waals surface area contributed by atoms with Gasteiger partial charge in [-0.25, -0.2) is 0 Å². The van der Waals surface area contributed by atoms with Crippen LogP contribution in [0.5, 0.6) is 0 Å². The summed E-state index contributed by atoms with van der Waals surface area (Å²) in [6, 6.07) is 13.8. The summed E-state index contributed by atoms with van der Waals surface area (Å²) in [7, 11) is 0. The lowest BCUT2D eigenvalue weighted by Gasteiger charge is -2.36. The minimum Gasteiger partial charge on any atom is -0.334 e. The van der Waals surface area contributed by atoms with E-state index < -0.39 is 4.92 Å². The number of fused-ring (bicyclic) bond motifs is 1. The molecular formula is C25H31N3O4. The Morgan fingerprint density at radius 3 is 2.66 bits per heavy atom. The van der Waals surface area contributed by atoms with Gasteiger partial charge < -0.3 is 9.80 Å². The third-order valence-electron chi connectivity index (χ3n) is 6.11. The predicted octanol–water partition coefficient (Wildman–Crippen LogP) is 4.76. The molecule has 0 radical (unpaired) electrons. The van der Waals surface area contributed by atoms with Crippen LogP contribution in [-0.2, 0) is 11.2 Å². The Labute approximate surface area is 189 Å². The molecule has 2 amide bonds. The maximum Gasteiger partial charge on any atom is 0.270 e. The van der Waals surface area contributed by atoms with E-state index in [1.807, 2.05) is 24.0 Å². The van der Waals surface area contributed by atoms with Crippen LogP contribution >= 0.6 is 0 Å². The van der Waals surface area contributed by atoms with Gasteiger partial charge in [-0.3, -0.25) is 19.7 Å². The summed E-state index contributed by atoms with van der Waals surface area (Å²) in [6.07, 6.45) is 4.69. The number of unbranched alkanes of at least 4 members (excludes halogenated alkanes) is 3.